The van der Waals surface area contributed by atoms with Gasteiger partial charge in [0.05, 0.1) is 0 Å². The van der Waals surface area contributed by atoms with Crippen LogP contribution >= 0.6 is 0 Å². The van der Waals surface area contributed by atoms with Crippen molar-refractivity contribution in [2.45, 2.75) is 0 Å². The summed E-state index contributed by atoms with van der Waals surface area (Å²) in [6.45, 7) is 0. The molecule has 0 saturated heterocycles. The van der Waals surface area contributed by atoms with Gasteiger partial charge in [-0.25, -0.2) is 0 Å². The van der Waals surface area contributed by atoms with Gasteiger partial charge in [0.1, 0.15) is 0 Å². The summed E-state index contributed by atoms with van der Waals surface area (Å²) < 4.78 is 0. The van der Waals surface area contributed by atoms with Crippen LogP contribution in [0.2, 0.25) is 0 Å². The quantitative estimate of drug-likeness (QED) is 0.442. The maximum atomic E-state index is 0. The van der Waals surface area contributed by atoms with Gasteiger partial charge in [-0.3, -0.25) is 0 Å². The monoisotopic (exact) mass is 416 g/mol. The summed E-state index contributed by atoms with van der Waals surface area (Å²) in [5.74, 6) is 0. The minimum Gasteiger partial charge on any atom is -2.00 e. The Morgan fingerprint density at radius 1 is 1.00 bits per heavy atom. The molecule has 0 aliphatic carbocycles. The van der Waals surface area contributed by atoms with Crippen LogP contribution in [0.3, 0.4) is 0 Å². The molecule has 0 aromatic rings. The fourth-order valence-corrected chi connectivity index (χ4v) is 0. The zero-order valence-corrected chi connectivity index (χ0v) is 12.7. The zero-order chi connectivity index (χ0) is 0. The third kappa shape index (κ3) is 17.9. The molecule has 0 heterocycles. The van der Waals surface area contributed by atoms with Crippen molar-refractivity contribution in [3.05, 3.63) is 0 Å². The van der Waals surface area contributed by atoms with E-state index in [0.29, 0.717) is 0 Å². The van der Waals surface area contributed by atoms with Crippen LogP contribution in [0.15, 0.2) is 0 Å². The Labute approximate surface area is 128 Å². The molecule has 0 bridgehead atoms. The SMILES string of the molecule is [Bi+3].[Ca+2].[Cu+2].[O-2].[Sr+2]. The fraction of sp³-hybridized carbons (Fsp3) is 0. The molecule has 3 radical (unpaired) electrons. The summed E-state index contributed by atoms with van der Waals surface area (Å²) in [4.78, 5) is 0. The van der Waals surface area contributed by atoms with E-state index in [4.69, 9.17) is 0 Å². The Morgan fingerprint density at radius 2 is 1.00 bits per heavy atom. The Bertz CT molecular complexity index is 11.6. The molecule has 19 valence electrons. The van der Waals surface area contributed by atoms with Crippen molar-refractivity contribution in [1.82, 2.24) is 0 Å². The molecule has 0 aliphatic rings. The van der Waals surface area contributed by atoms with Crippen LogP contribution in [-0.4, -0.2) is 109 Å². The molecule has 0 N–H and O–H groups in total. The van der Waals surface area contributed by atoms with E-state index >= 15 is 0 Å². The van der Waals surface area contributed by atoms with E-state index in [1.165, 1.54) is 0 Å². The van der Waals surface area contributed by atoms with Crippen LogP contribution in [-0.2, 0) is 22.5 Å². The van der Waals surface area contributed by atoms with Gasteiger partial charge in [-0.15, -0.1) is 0 Å². The van der Waals surface area contributed by atoms with Crippen LogP contribution < -0.4 is 0 Å². The molecule has 0 aromatic carbocycles. The molecule has 0 rings (SSSR count). The van der Waals surface area contributed by atoms with Gasteiger partial charge in [0.25, 0.3) is 0 Å². The number of rotatable bonds is 0. The first kappa shape index (κ1) is 35.5. The average Bonchev–Trinajstić information content (AvgIpc) is 0. The summed E-state index contributed by atoms with van der Waals surface area (Å²) in [7, 11) is 0. The van der Waals surface area contributed by atoms with Crippen LogP contribution in [0.25, 0.3) is 0 Å². The van der Waals surface area contributed by atoms with Gasteiger partial charge in [-0.2, -0.15) is 0 Å². The van der Waals surface area contributed by atoms with Gasteiger partial charge < -0.3 is 5.48 Å². The Hall–Kier alpha value is 4.10. The molecule has 0 unspecified atom stereocenters. The van der Waals surface area contributed by atoms with Crippen LogP contribution in [0.4, 0.5) is 0 Å². The van der Waals surface area contributed by atoms with E-state index in [-0.39, 0.29) is 132 Å². The van der Waals surface area contributed by atoms with Crippen molar-refractivity contribution in [3.63, 3.8) is 0 Å². The van der Waals surface area contributed by atoms with Gasteiger partial charge in [0.15, 0.2) is 0 Å². The number of hydrogen-bond donors (Lipinski definition) is 0. The number of hydrogen-bond acceptors (Lipinski definition) is 0. The predicted molar refractivity (Wildman–Crippen MR) is 17.9 cm³/mol. The van der Waals surface area contributed by atoms with Crippen molar-refractivity contribution >= 4 is 109 Å². The zero-order valence-electron chi connectivity index (χ0n) is 2.57. The summed E-state index contributed by atoms with van der Waals surface area (Å²) in [6, 6.07) is 0. The summed E-state index contributed by atoms with van der Waals surface area (Å²) in [5, 5.41) is 0. The topological polar surface area (TPSA) is 28.5 Å². The maximum Gasteiger partial charge on any atom is 3.00 e. The van der Waals surface area contributed by atoms with E-state index in [0.717, 1.165) is 0 Å². The van der Waals surface area contributed by atoms with Gasteiger partial charge in [-0.05, 0) is 0 Å². The fourth-order valence-electron chi connectivity index (χ4n) is 0. The Balaban J connectivity index is 0. The van der Waals surface area contributed by atoms with E-state index < -0.39 is 0 Å². The Morgan fingerprint density at radius 3 is 1.00 bits per heavy atom. The molecule has 0 amide bonds. The van der Waals surface area contributed by atoms with E-state index in [1.54, 1.807) is 0 Å². The van der Waals surface area contributed by atoms with Gasteiger partial charge in [0, 0.05) is 0 Å². The molecule has 0 aliphatic heterocycles. The van der Waals surface area contributed by atoms with Gasteiger partial charge in [0.2, 0.25) is 0 Å². The van der Waals surface area contributed by atoms with E-state index in [2.05, 4.69) is 0 Å². The summed E-state index contributed by atoms with van der Waals surface area (Å²) in [6.07, 6.45) is 0. The predicted octanol–water partition coefficient (Wildman–Crippen LogP) is -1.26. The van der Waals surface area contributed by atoms with Crippen molar-refractivity contribution in [2.24, 2.45) is 0 Å². The second-order valence-corrected chi connectivity index (χ2v) is 0. The minimum absolute atomic E-state index is 0. The molecular formula is BiCaCuOSr+7. The van der Waals surface area contributed by atoms with Gasteiger partial charge >= 0.3 is 126 Å². The first-order valence-corrected chi connectivity index (χ1v) is 0. The van der Waals surface area contributed by atoms with Crippen molar-refractivity contribution in [3.8, 4) is 0 Å². The molecule has 0 saturated carbocycles. The molecule has 0 aromatic heterocycles. The standard InChI is InChI=1S/Bi.Ca.Cu.O.Sr/q+3;2*+2;-2;+2. The van der Waals surface area contributed by atoms with E-state index in [9.17, 15) is 0 Å². The molecule has 1 nitrogen and oxygen atoms in total. The van der Waals surface area contributed by atoms with Gasteiger partial charge in [-0.1, -0.05) is 0 Å². The molecular weight excluding hydrogens is 416 g/mol. The molecule has 5 heavy (non-hydrogen) atoms. The third-order valence-electron chi connectivity index (χ3n) is 0. The maximum absolute atomic E-state index is 0. The molecule has 5 heteroatoms. The largest absolute Gasteiger partial charge is 3.00 e. The minimum atomic E-state index is 0. The summed E-state index contributed by atoms with van der Waals surface area (Å²) in [5.41, 5.74) is 0. The molecule has 0 atom stereocenters. The Kier molecular flexibility index (Phi) is 172. The second-order valence-electron chi connectivity index (χ2n) is 0. The normalized spacial score (nSPS) is 0. The smallest absolute Gasteiger partial charge is 2.00 e. The van der Waals surface area contributed by atoms with Crippen LogP contribution in [0.5, 0.6) is 0 Å². The second kappa shape index (κ2) is 24.3. The van der Waals surface area contributed by atoms with Crippen molar-refractivity contribution in [2.75, 3.05) is 0 Å². The van der Waals surface area contributed by atoms with Crippen LogP contribution in [0.1, 0.15) is 0 Å². The first-order valence-electron chi connectivity index (χ1n) is 0. The molecule has 0 fully saturated rings. The molecule has 0 spiro atoms. The van der Waals surface area contributed by atoms with Crippen molar-refractivity contribution in [1.29, 1.82) is 0 Å². The van der Waals surface area contributed by atoms with Crippen molar-refractivity contribution < 1.29 is 22.5 Å². The first-order chi connectivity index (χ1) is 0. The van der Waals surface area contributed by atoms with E-state index in [1.807, 2.05) is 0 Å². The van der Waals surface area contributed by atoms with Crippen LogP contribution in [0, 0.1) is 0 Å². The summed E-state index contributed by atoms with van der Waals surface area (Å²) >= 11 is 0. The third-order valence-corrected chi connectivity index (χ3v) is 0. The average molecular weight is 416 g/mol.